The molecular formula is C13H17BrN2S. The number of anilines is 1. The molecule has 0 spiro atoms. The van der Waals surface area contributed by atoms with Crippen LogP contribution in [0.25, 0.3) is 0 Å². The maximum Gasteiger partial charge on any atom is 0.104 e. The number of rotatable bonds is 5. The maximum absolute atomic E-state index is 5.64. The van der Waals surface area contributed by atoms with E-state index in [0.29, 0.717) is 4.99 Å². The first-order chi connectivity index (χ1) is 8.13. The van der Waals surface area contributed by atoms with Crippen LogP contribution in [0.15, 0.2) is 22.7 Å². The van der Waals surface area contributed by atoms with E-state index in [1.54, 1.807) is 0 Å². The summed E-state index contributed by atoms with van der Waals surface area (Å²) in [4.78, 5) is 2.93. The average molecular weight is 313 g/mol. The van der Waals surface area contributed by atoms with Gasteiger partial charge in [0.15, 0.2) is 0 Å². The second kappa shape index (κ2) is 5.36. The molecular weight excluding hydrogens is 296 g/mol. The van der Waals surface area contributed by atoms with Gasteiger partial charge in [-0.25, -0.2) is 0 Å². The van der Waals surface area contributed by atoms with Crippen molar-refractivity contribution in [1.29, 1.82) is 0 Å². The molecule has 0 aromatic heterocycles. The Kier molecular flexibility index (Phi) is 4.05. The van der Waals surface area contributed by atoms with Gasteiger partial charge in [-0.3, -0.25) is 0 Å². The molecule has 1 saturated carbocycles. The number of hydrogen-bond acceptors (Lipinski definition) is 2. The van der Waals surface area contributed by atoms with Gasteiger partial charge in [0.05, 0.1) is 5.69 Å². The van der Waals surface area contributed by atoms with Crippen molar-refractivity contribution < 1.29 is 0 Å². The van der Waals surface area contributed by atoms with E-state index in [-0.39, 0.29) is 0 Å². The van der Waals surface area contributed by atoms with Crippen LogP contribution in [0.2, 0.25) is 0 Å². The number of hydrogen-bond donors (Lipinski definition) is 1. The highest BCUT2D eigenvalue weighted by Gasteiger charge is 2.29. The van der Waals surface area contributed by atoms with Crippen LogP contribution in [0.3, 0.4) is 0 Å². The summed E-state index contributed by atoms with van der Waals surface area (Å²) in [6.45, 7) is 3.32. The van der Waals surface area contributed by atoms with Crippen molar-refractivity contribution in [2.24, 2.45) is 5.73 Å². The Balaban J connectivity index is 2.27. The number of halogens is 1. The minimum atomic E-state index is 0.450. The first kappa shape index (κ1) is 12.8. The predicted molar refractivity (Wildman–Crippen MR) is 80.7 cm³/mol. The highest BCUT2D eigenvalue weighted by molar-refractivity contribution is 9.10. The lowest BCUT2D eigenvalue weighted by atomic mass is 10.2. The molecule has 0 aliphatic heterocycles. The Morgan fingerprint density at radius 3 is 2.71 bits per heavy atom. The van der Waals surface area contributed by atoms with Crippen LogP contribution in [-0.4, -0.2) is 17.6 Å². The fourth-order valence-corrected chi connectivity index (χ4v) is 2.75. The molecule has 0 unspecified atom stereocenters. The van der Waals surface area contributed by atoms with Crippen molar-refractivity contribution in [1.82, 2.24) is 0 Å². The summed E-state index contributed by atoms with van der Waals surface area (Å²) in [7, 11) is 0. The molecule has 0 amide bonds. The lowest BCUT2D eigenvalue weighted by Gasteiger charge is -2.25. The first-order valence-corrected chi connectivity index (χ1v) is 7.19. The van der Waals surface area contributed by atoms with Crippen molar-refractivity contribution >= 4 is 38.8 Å². The zero-order valence-corrected chi connectivity index (χ0v) is 12.4. The number of nitrogens with zero attached hydrogens (tertiary/aromatic N) is 1. The van der Waals surface area contributed by atoms with Gasteiger partial charge in [-0.2, -0.15) is 0 Å². The number of benzene rings is 1. The Morgan fingerprint density at radius 2 is 2.24 bits per heavy atom. The fourth-order valence-electron chi connectivity index (χ4n) is 2.02. The van der Waals surface area contributed by atoms with Gasteiger partial charge >= 0.3 is 0 Å². The minimum Gasteiger partial charge on any atom is -0.389 e. The van der Waals surface area contributed by atoms with E-state index in [9.17, 15) is 0 Å². The fraction of sp³-hybridized carbons (Fsp3) is 0.462. The standard InChI is InChI=1S/C13H17BrN2S/c1-2-7-16(10-4-5-10)12-6-3-9(13(15)17)8-11(12)14/h3,6,8,10H,2,4-5,7H2,1H3,(H2,15,17). The molecule has 1 aliphatic rings. The van der Waals surface area contributed by atoms with Gasteiger partial charge in [-0.1, -0.05) is 19.1 Å². The number of nitrogens with two attached hydrogens (primary N) is 1. The Bertz CT molecular complexity index is 429. The third-order valence-electron chi connectivity index (χ3n) is 2.99. The van der Waals surface area contributed by atoms with E-state index in [1.807, 2.05) is 12.1 Å². The molecule has 0 atom stereocenters. The quantitative estimate of drug-likeness (QED) is 0.844. The molecule has 1 aromatic rings. The molecule has 1 aliphatic carbocycles. The molecule has 0 bridgehead atoms. The van der Waals surface area contributed by atoms with Crippen molar-refractivity contribution in [3.05, 3.63) is 28.2 Å². The van der Waals surface area contributed by atoms with Crippen molar-refractivity contribution in [3.63, 3.8) is 0 Å². The van der Waals surface area contributed by atoms with E-state index in [2.05, 4.69) is 33.8 Å². The van der Waals surface area contributed by atoms with Crippen LogP contribution in [0.4, 0.5) is 5.69 Å². The second-order valence-corrected chi connectivity index (χ2v) is 5.75. The SMILES string of the molecule is CCCN(c1ccc(C(N)=S)cc1Br)C1CC1. The average Bonchev–Trinajstić information content (AvgIpc) is 3.10. The normalized spacial score (nSPS) is 14.7. The molecule has 1 fully saturated rings. The predicted octanol–water partition coefficient (Wildman–Crippen LogP) is 3.46. The summed E-state index contributed by atoms with van der Waals surface area (Å²) in [6.07, 6.45) is 3.78. The summed E-state index contributed by atoms with van der Waals surface area (Å²) >= 11 is 8.61. The highest BCUT2D eigenvalue weighted by Crippen LogP contribution is 2.36. The molecule has 0 radical (unpaired) electrons. The minimum absolute atomic E-state index is 0.450. The van der Waals surface area contributed by atoms with Crippen molar-refractivity contribution in [3.8, 4) is 0 Å². The van der Waals surface area contributed by atoms with Gasteiger partial charge in [-0.15, -0.1) is 0 Å². The van der Waals surface area contributed by atoms with E-state index in [4.69, 9.17) is 18.0 Å². The Morgan fingerprint density at radius 1 is 1.53 bits per heavy atom. The van der Waals surface area contributed by atoms with Crippen LogP contribution in [0.5, 0.6) is 0 Å². The molecule has 0 saturated heterocycles. The van der Waals surface area contributed by atoms with Gasteiger partial charge < -0.3 is 10.6 Å². The molecule has 2 N–H and O–H groups in total. The Labute approximate surface area is 116 Å². The van der Waals surface area contributed by atoms with Crippen LogP contribution in [-0.2, 0) is 0 Å². The molecule has 17 heavy (non-hydrogen) atoms. The third-order valence-corrected chi connectivity index (χ3v) is 3.86. The van der Waals surface area contributed by atoms with Crippen LogP contribution in [0, 0.1) is 0 Å². The molecule has 4 heteroatoms. The van der Waals surface area contributed by atoms with Gasteiger partial charge in [0, 0.05) is 22.6 Å². The molecule has 1 aromatic carbocycles. The lowest BCUT2D eigenvalue weighted by molar-refractivity contribution is 0.761. The van der Waals surface area contributed by atoms with Gasteiger partial charge in [0.1, 0.15) is 4.99 Å². The molecule has 2 nitrogen and oxygen atoms in total. The van der Waals surface area contributed by atoms with Gasteiger partial charge in [0.2, 0.25) is 0 Å². The largest absolute Gasteiger partial charge is 0.389 e. The summed E-state index contributed by atoms with van der Waals surface area (Å²) < 4.78 is 1.09. The van der Waals surface area contributed by atoms with E-state index >= 15 is 0 Å². The van der Waals surface area contributed by atoms with Crippen LogP contribution in [0.1, 0.15) is 31.7 Å². The lowest BCUT2D eigenvalue weighted by Crippen LogP contribution is -2.26. The third kappa shape index (κ3) is 2.99. The summed E-state index contributed by atoms with van der Waals surface area (Å²) in [5.74, 6) is 0. The smallest absolute Gasteiger partial charge is 0.104 e. The summed E-state index contributed by atoms with van der Waals surface area (Å²) in [6, 6.07) is 6.87. The zero-order valence-electron chi connectivity index (χ0n) is 9.95. The molecule has 0 heterocycles. The number of thiocarbonyl (C=S) groups is 1. The second-order valence-electron chi connectivity index (χ2n) is 4.46. The summed E-state index contributed by atoms with van der Waals surface area (Å²) in [5.41, 5.74) is 7.81. The van der Waals surface area contributed by atoms with E-state index in [0.717, 1.165) is 22.6 Å². The first-order valence-electron chi connectivity index (χ1n) is 5.99. The van der Waals surface area contributed by atoms with E-state index < -0.39 is 0 Å². The maximum atomic E-state index is 5.64. The summed E-state index contributed by atoms with van der Waals surface area (Å²) in [5, 5.41) is 0. The highest BCUT2D eigenvalue weighted by atomic mass is 79.9. The van der Waals surface area contributed by atoms with Crippen molar-refractivity contribution in [2.45, 2.75) is 32.2 Å². The molecule has 92 valence electrons. The van der Waals surface area contributed by atoms with Crippen molar-refractivity contribution in [2.75, 3.05) is 11.4 Å². The Hall–Kier alpha value is -0.610. The van der Waals surface area contributed by atoms with Crippen LogP contribution < -0.4 is 10.6 Å². The van der Waals surface area contributed by atoms with Gasteiger partial charge in [0.25, 0.3) is 0 Å². The topological polar surface area (TPSA) is 29.3 Å². The molecule has 2 rings (SSSR count). The van der Waals surface area contributed by atoms with Gasteiger partial charge in [-0.05, 0) is 53.4 Å². The van der Waals surface area contributed by atoms with Crippen LogP contribution >= 0.6 is 28.1 Å². The van der Waals surface area contributed by atoms with E-state index in [1.165, 1.54) is 24.9 Å². The monoisotopic (exact) mass is 312 g/mol. The zero-order chi connectivity index (χ0) is 12.4.